The Morgan fingerprint density at radius 3 is 2.80 bits per heavy atom. The maximum absolute atomic E-state index is 11.6. The highest BCUT2D eigenvalue weighted by molar-refractivity contribution is 5.81. The summed E-state index contributed by atoms with van der Waals surface area (Å²) in [5.41, 5.74) is 7.40. The van der Waals surface area contributed by atoms with Gasteiger partial charge in [-0.15, -0.1) is 0 Å². The first-order valence-electron chi connectivity index (χ1n) is 5.58. The van der Waals surface area contributed by atoms with E-state index < -0.39 is 0 Å². The second-order valence-electron chi connectivity index (χ2n) is 3.92. The van der Waals surface area contributed by atoms with E-state index in [0.717, 1.165) is 30.5 Å². The van der Waals surface area contributed by atoms with Crippen LogP contribution in [0.5, 0.6) is 0 Å². The molecule has 15 heavy (non-hydrogen) atoms. The Labute approximate surface area is 91.5 Å². The normalized spacial score (nSPS) is 10.2. The molecule has 0 spiro atoms. The van der Waals surface area contributed by atoms with Gasteiger partial charge in [-0.25, -0.2) is 0 Å². The SMILES string of the molecule is CCCCCC(=O)Cc1cccc(N)c1. The number of hydrogen-bond donors (Lipinski definition) is 1. The Bertz CT molecular complexity index is 320. The van der Waals surface area contributed by atoms with Crippen LogP contribution < -0.4 is 5.73 Å². The lowest BCUT2D eigenvalue weighted by Crippen LogP contribution is -2.02. The number of nitrogen functional groups attached to an aromatic ring is 1. The smallest absolute Gasteiger partial charge is 0.137 e. The summed E-state index contributed by atoms with van der Waals surface area (Å²) in [4.78, 5) is 11.6. The zero-order valence-corrected chi connectivity index (χ0v) is 9.33. The van der Waals surface area contributed by atoms with Crippen molar-refractivity contribution in [2.45, 2.75) is 39.0 Å². The van der Waals surface area contributed by atoms with Crippen LogP contribution in [0.1, 0.15) is 38.2 Å². The molecule has 2 heteroatoms. The maximum Gasteiger partial charge on any atom is 0.137 e. The van der Waals surface area contributed by atoms with Crippen LogP contribution in [0.2, 0.25) is 0 Å². The second-order valence-corrected chi connectivity index (χ2v) is 3.92. The van der Waals surface area contributed by atoms with E-state index in [2.05, 4.69) is 6.92 Å². The summed E-state index contributed by atoms with van der Waals surface area (Å²) >= 11 is 0. The Morgan fingerprint density at radius 2 is 2.13 bits per heavy atom. The van der Waals surface area contributed by atoms with E-state index in [1.807, 2.05) is 24.3 Å². The highest BCUT2D eigenvalue weighted by Crippen LogP contribution is 2.09. The number of ketones is 1. The predicted molar refractivity (Wildman–Crippen MR) is 63.7 cm³/mol. The first-order chi connectivity index (χ1) is 7.22. The summed E-state index contributed by atoms with van der Waals surface area (Å²) in [6, 6.07) is 7.56. The van der Waals surface area contributed by atoms with Crippen LogP contribution in [0.4, 0.5) is 5.69 Å². The van der Waals surface area contributed by atoms with Crippen LogP contribution >= 0.6 is 0 Å². The number of anilines is 1. The van der Waals surface area contributed by atoms with E-state index in [0.29, 0.717) is 18.6 Å². The lowest BCUT2D eigenvalue weighted by molar-refractivity contribution is -0.118. The summed E-state index contributed by atoms with van der Waals surface area (Å²) in [5.74, 6) is 0.314. The third-order valence-corrected chi connectivity index (χ3v) is 2.41. The Balaban J connectivity index is 2.37. The van der Waals surface area contributed by atoms with Crippen LogP contribution in [-0.4, -0.2) is 5.78 Å². The van der Waals surface area contributed by atoms with Gasteiger partial charge in [0.25, 0.3) is 0 Å². The fourth-order valence-corrected chi connectivity index (χ4v) is 1.59. The summed E-state index contributed by atoms with van der Waals surface area (Å²) < 4.78 is 0. The minimum absolute atomic E-state index is 0.314. The van der Waals surface area contributed by atoms with Crippen molar-refractivity contribution >= 4 is 11.5 Å². The zero-order chi connectivity index (χ0) is 11.1. The monoisotopic (exact) mass is 205 g/mol. The molecule has 0 heterocycles. The third-order valence-electron chi connectivity index (χ3n) is 2.41. The standard InChI is InChI=1S/C13H19NO/c1-2-3-4-8-13(15)10-11-6-5-7-12(14)9-11/h5-7,9H,2-4,8,10,14H2,1H3. The molecule has 2 nitrogen and oxygen atoms in total. The van der Waals surface area contributed by atoms with Gasteiger partial charge < -0.3 is 5.73 Å². The Hall–Kier alpha value is -1.31. The number of nitrogens with two attached hydrogens (primary N) is 1. The number of hydrogen-bond acceptors (Lipinski definition) is 2. The van der Waals surface area contributed by atoms with Gasteiger partial charge in [0.15, 0.2) is 0 Å². The molecule has 1 rings (SSSR count). The van der Waals surface area contributed by atoms with E-state index >= 15 is 0 Å². The average Bonchev–Trinajstić information content (AvgIpc) is 2.18. The van der Waals surface area contributed by atoms with Gasteiger partial charge in [0.1, 0.15) is 5.78 Å². The predicted octanol–water partition coefficient (Wildman–Crippen LogP) is 2.96. The molecule has 0 aromatic heterocycles. The molecule has 1 aromatic carbocycles. The van der Waals surface area contributed by atoms with Crippen molar-refractivity contribution in [3.05, 3.63) is 29.8 Å². The number of unbranched alkanes of at least 4 members (excludes halogenated alkanes) is 2. The summed E-state index contributed by atoms with van der Waals surface area (Å²) in [5, 5.41) is 0. The van der Waals surface area contributed by atoms with E-state index in [-0.39, 0.29) is 0 Å². The molecule has 1 aromatic rings. The van der Waals surface area contributed by atoms with Crippen molar-refractivity contribution in [2.75, 3.05) is 5.73 Å². The largest absolute Gasteiger partial charge is 0.399 e. The fraction of sp³-hybridized carbons (Fsp3) is 0.462. The lowest BCUT2D eigenvalue weighted by Gasteiger charge is -2.02. The minimum Gasteiger partial charge on any atom is -0.399 e. The van der Waals surface area contributed by atoms with Gasteiger partial charge in [-0.05, 0) is 24.1 Å². The van der Waals surface area contributed by atoms with Crippen molar-refractivity contribution in [3.8, 4) is 0 Å². The van der Waals surface area contributed by atoms with Gasteiger partial charge >= 0.3 is 0 Å². The molecular formula is C13H19NO. The molecule has 0 aliphatic rings. The molecule has 0 amide bonds. The third kappa shape index (κ3) is 4.63. The van der Waals surface area contributed by atoms with Crippen molar-refractivity contribution in [1.29, 1.82) is 0 Å². The van der Waals surface area contributed by atoms with Crippen molar-refractivity contribution in [3.63, 3.8) is 0 Å². The van der Waals surface area contributed by atoms with Gasteiger partial charge in [0.2, 0.25) is 0 Å². The summed E-state index contributed by atoms with van der Waals surface area (Å²) in [7, 11) is 0. The molecule has 0 radical (unpaired) electrons. The van der Waals surface area contributed by atoms with Crippen molar-refractivity contribution < 1.29 is 4.79 Å². The molecule has 2 N–H and O–H groups in total. The molecule has 0 atom stereocenters. The zero-order valence-electron chi connectivity index (χ0n) is 9.33. The van der Waals surface area contributed by atoms with Crippen molar-refractivity contribution in [1.82, 2.24) is 0 Å². The molecule has 0 saturated heterocycles. The number of carbonyl (C=O) groups excluding carboxylic acids is 1. The average molecular weight is 205 g/mol. The summed E-state index contributed by atoms with van der Waals surface area (Å²) in [6.45, 7) is 2.14. The van der Waals surface area contributed by atoms with Crippen LogP contribution in [0.25, 0.3) is 0 Å². The first kappa shape index (κ1) is 11.8. The highest BCUT2D eigenvalue weighted by atomic mass is 16.1. The quantitative estimate of drug-likeness (QED) is 0.573. The molecule has 82 valence electrons. The van der Waals surface area contributed by atoms with E-state index in [9.17, 15) is 4.79 Å². The maximum atomic E-state index is 11.6. The molecule has 0 aliphatic heterocycles. The van der Waals surface area contributed by atoms with Gasteiger partial charge in [-0.1, -0.05) is 31.9 Å². The highest BCUT2D eigenvalue weighted by Gasteiger charge is 2.03. The minimum atomic E-state index is 0.314. The summed E-state index contributed by atoms with van der Waals surface area (Å²) in [6.07, 6.45) is 4.53. The number of carbonyl (C=O) groups is 1. The second kappa shape index (κ2) is 6.23. The first-order valence-corrected chi connectivity index (χ1v) is 5.58. The molecule has 0 aliphatic carbocycles. The number of Topliss-reactive ketones (excluding diaryl/α,β-unsaturated/α-hetero) is 1. The van der Waals surface area contributed by atoms with Gasteiger partial charge in [-0.2, -0.15) is 0 Å². The van der Waals surface area contributed by atoms with Gasteiger partial charge in [-0.3, -0.25) is 4.79 Å². The van der Waals surface area contributed by atoms with E-state index in [1.54, 1.807) is 0 Å². The van der Waals surface area contributed by atoms with Crippen LogP contribution in [-0.2, 0) is 11.2 Å². The molecule has 0 saturated carbocycles. The lowest BCUT2D eigenvalue weighted by atomic mass is 10.0. The Kier molecular flexibility index (Phi) is 4.88. The van der Waals surface area contributed by atoms with Gasteiger partial charge in [0, 0.05) is 18.5 Å². The van der Waals surface area contributed by atoms with Crippen molar-refractivity contribution in [2.24, 2.45) is 0 Å². The number of rotatable bonds is 6. The number of benzene rings is 1. The van der Waals surface area contributed by atoms with E-state index in [1.165, 1.54) is 0 Å². The Morgan fingerprint density at radius 1 is 1.33 bits per heavy atom. The molecular weight excluding hydrogens is 186 g/mol. The topological polar surface area (TPSA) is 43.1 Å². The van der Waals surface area contributed by atoms with Crippen LogP contribution in [0, 0.1) is 0 Å². The van der Waals surface area contributed by atoms with Crippen LogP contribution in [0.3, 0.4) is 0 Å². The molecule has 0 fully saturated rings. The molecule has 0 unspecified atom stereocenters. The molecule has 0 bridgehead atoms. The fourth-order valence-electron chi connectivity index (χ4n) is 1.59. The van der Waals surface area contributed by atoms with E-state index in [4.69, 9.17) is 5.73 Å². The van der Waals surface area contributed by atoms with Crippen LogP contribution in [0.15, 0.2) is 24.3 Å². The van der Waals surface area contributed by atoms with Gasteiger partial charge in [0.05, 0.1) is 0 Å².